The Morgan fingerprint density at radius 1 is 1.11 bits per heavy atom. The zero-order valence-corrected chi connectivity index (χ0v) is 13.3. The molecule has 0 aliphatic carbocycles. The lowest BCUT2D eigenvalue weighted by Gasteiger charge is -2.19. The molecule has 0 saturated carbocycles. The molecule has 0 aliphatic heterocycles. The van der Waals surface area contributed by atoms with E-state index < -0.39 is 0 Å². The summed E-state index contributed by atoms with van der Waals surface area (Å²) in [5.74, 6) is 0.954. The molecule has 0 aromatic heterocycles. The molecule has 1 unspecified atom stereocenters. The summed E-state index contributed by atoms with van der Waals surface area (Å²) in [5, 5.41) is 3.50. The summed E-state index contributed by atoms with van der Waals surface area (Å²) < 4.78 is 6.91. The van der Waals surface area contributed by atoms with Gasteiger partial charge in [0.15, 0.2) is 0 Å². The number of anilines is 1. The standard InChI is InChI=1S/C16H18INO/c1-3-19-16-7-5-4-6-15(16)12(2)18-14-10-8-13(17)9-11-14/h4-12,18H,3H2,1-2H3. The summed E-state index contributed by atoms with van der Waals surface area (Å²) in [6, 6.07) is 16.8. The Labute approximate surface area is 128 Å². The van der Waals surface area contributed by atoms with E-state index >= 15 is 0 Å². The number of ether oxygens (including phenoxy) is 1. The third-order valence-corrected chi connectivity index (χ3v) is 3.63. The van der Waals surface area contributed by atoms with Gasteiger partial charge in [0, 0.05) is 14.8 Å². The lowest BCUT2D eigenvalue weighted by Crippen LogP contribution is -2.08. The van der Waals surface area contributed by atoms with Crippen molar-refractivity contribution in [2.24, 2.45) is 0 Å². The summed E-state index contributed by atoms with van der Waals surface area (Å²) in [4.78, 5) is 0. The molecule has 0 heterocycles. The van der Waals surface area contributed by atoms with Crippen LogP contribution in [0.3, 0.4) is 0 Å². The molecule has 0 amide bonds. The van der Waals surface area contributed by atoms with E-state index in [2.05, 4.69) is 65.2 Å². The van der Waals surface area contributed by atoms with Crippen molar-refractivity contribution < 1.29 is 4.74 Å². The van der Waals surface area contributed by atoms with Gasteiger partial charge in [-0.25, -0.2) is 0 Å². The summed E-state index contributed by atoms with van der Waals surface area (Å²) in [5.41, 5.74) is 2.31. The SMILES string of the molecule is CCOc1ccccc1C(C)Nc1ccc(I)cc1. The molecule has 2 nitrogen and oxygen atoms in total. The fraction of sp³-hybridized carbons (Fsp3) is 0.250. The highest BCUT2D eigenvalue weighted by Crippen LogP contribution is 2.27. The summed E-state index contributed by atoms with van der Waals surface area (Å²) in [7, 11) is 0. The second-order valence-corrected chi connectivity index (χ2v) is 5.59. The van der Waals surface area contributed by atoms with E-state index in [-0.39, 0.29) is 6.04 Å². The van der Waals surface area contributed by atoms with E-state index in [1.165, 1.54) is 9.13 Å². The highest BCUT2D eigenvalue weighted by Gasteiger charge is 2.10. The van der Waals surface area contributed by atoms with E-state index in [0.29, 0.717) is 6.61 Å². The number of para-hydroxylation sites is 1. The molecule has 19 heavy (non-hydrogen) atoms. The van der Waals surface area contributed by atoms with Crippen LogP contribution in [-0.4, -0.2) is 6.61 Å². The van der Waals surface area contributed by atoms with Crippen LogP contribution in [0.2, 0.25) is 0 Å². The lowest BCUT2D eigenvalue weighted by molar-refractivity contribution is 0.335. The van der Waals surface area contributed by atoms with Gasteiger partial charge in [-0.05, 0) is 66.8 Å². The van der Waals surface area contributed by atoms with Gasteiger partial charge in [-0.1, -0.05) is 18.2 Å². The summed E-state index contributed by atoms with van der Waals surface area (Å²) >= 11 is 2.31. The first kappa shape index (κ1) is 14.2. The zero-order valence-electron chi connectivity index (χ0n) is 11.2. The molecule has 0 aliphatic rings. The molecule has 2 aromatic rings. The highest BCUT2D eigenvalue weighted by atomic mass is 127. The van der Waals surface area contributed by atoms with Crippen LogP contribution in [0.5, 0.6) is 5.75 Å². The molecule has 3 heteroatoms. The average molecular weight is 367 g/mol. The Kier molecular flexibility index (Phi) is 5.07. The minimum atomic E-state index is 0.211. The predicted molar refractivity (Wildman–Crippen MR) is 88.8 cm³/mol. The molecule has 100 valence electrons. The number of hydrogen-bond acceptors (Lipinski definition) is 2. The van der Waals surface area contributed by atoms with Crippen LogP contribution < -0.4 is 10.1 Å². The molecule has 1 N–H and O–H groups in total. The maximum atomic E-state index is 5.67. The molecule has 2 aromatic carbocycles. The van der Waals surface area contributed by atoms with Crippen molar-refractivity contribution in [1.29, 1.82) is 0 Å². The number of benzene rings is 2. The van der Waals surface area contributed by atoms with Crippen molar-refractivity contribution in [1.82, 2.24) is 0 Å². The second kappa shape index (κ2) is 6.80. The van der Waals surface area contributed by atoms with Crippen LogP contribution in [0.25, 0.3) is 0 Å². The number of hydrogen-bond donors (Lipinski definition) is 1. The molecule has 0 radical (unpaired) electrons. The van der Waals surface area contributed by atoms with Crippen LogP contribution in [0.15, 0.2) is 48.5 Å². The topological polar surface area (TPSA) is 21.3 Å². The molecular weight excluding hydrogens is 349 g/mol. The third-order valence-electron chi connectivity index (χ3n) is 2.91. The monoisotopic (exact) mass is 367 g/mol. The first-order valence-electron chi connectivity index (χ1n) is 6.44. The fourth-order valence-corrected chi connectivity index (χ4v) is 2.36. The minimum Gasteiger partial charge on any atom is -0.494 e. The lowest BCUT2D eigenvalue weighted by atomic mass is 10.1. The molecule has 0 bridgehead atoms. The number of rotatable bonds is 5. The highest BCUT2D eigenvalue weighted by molar-refractivity contribution is 14.1. The third kappa shape index (κ3) is 3.86. The van der Waals surface area contributed by atoms with Crippen molar-refractivity contribution in [2.75, 3.05) is 11.9 Å². The van der Waals surface area contributed by atoms with Gasteiger partial charge < -0.3 is 10.1 Å². The quantitative estimate of drug-likeness (QED) is 0.762. The van der Waals surface area contributed by atoms with Crippen molar-refractivity contribution in [3.63, 3.8) is 0 Å². The number of halogens is 1. The van der Waals surface area contributed by atoms with Gasteiger partial charge in [-0.3, -0.25) is 0 Å². The Morgan fingerprint density at radius 2 is 1.79 bits per heavy atom. The maximum absolute atomic E-state index is 5.67. The molecule has 0 fully saturated rings. The van der Waals surface area contributed by atoms with Gasteiger partial charge in [0.1, 0.15) is 5.75 Å². The van der Waals surface area contributed by atoms with Gasteiger partial charge in [0.2, 0.25) is 0 Å². The van der Waals surface area contributed by atoms with Gasteiger partial charge in [0.05, 0.1) is 12.6 Å². The van der Waals surface area contributed by atoms with Crippen LogP contribution >= 0.6 is 22.6 Å². The van der Waals surface area contributed by atoms with Gasteiger partial charge in [-0.2, -0.15) is 0 Å². The first-order chi connectivity index (χ1) is 9.20. The first-order valence-corrected chi connectivity index (χ1v) is 7.52. The average Bonchev–Trinajstić information content (AvgIpc) is 2.42. The van der Waals surface area contributed by atoms with Gasteiger partial charge >= 0.3 is 0 Å². The van der Waals surface area contributed by atoms with Crippen molar-refractivity contribution in [3.8, 4) is 5.75 Å². The summed E-state index contributed by atoms with van der Waals surface area (Å²) in [6.45, 7) is 4.84. The molecule has 0 saturated heterocycles. The van der Waals surface area contributed by atoms with Crippen molar-refractivity contribution in [2.45, 2.75) is 19.9 Å². The van der Waals surface area contributed by atoms with Gasteiger partial charge in [-0.15, -0.1) is 0 Å². The smallest absolute Gasteiger partial charge is 0.124 e. The van der Waals surface area contributed by atoms with E-state index in [0.717, 1.165) is 11.4 Å². The van der Waals surface area contributed by atoms with Crippen molar-refractivity contribution in [3.05, 3.63) is 57.7 Å². The molecule has 2 rings (SSSR count). The zero-order chi connectivity index (χ0) is 13.7. The van der Waals surface area contributed by atoms with E-state index in [4.69, 9.17) is 4.74 Å². The molecule has 1 atom stereocenters. The van der Waals surface area contributed by atoms with Crippen LogP contribution in [-0.2, 0) is 0 Å². The minimum absolute atomic E-state index is 0.211. The maximum Gasteiger partial charge on any atom is 0.124 e. The van der Waals surface area contributed by atoms with E-state index in [1.807, 2.05) is 25.1 Å². The Morgan fingerprint density at radius 3 is 2.47 bits per heavy atom. The molecule has 0 spiro atoms. The van der Waals surface area contributed by atoms with E-state index in [1.54, 1.807) is 0 Å². The predicted octanol–water partition coefficient (Wildman–Crippen LogP) is 4.86. The number of nitrogens with one attached hydrogen (secondary N) is 1. The Bertz CT molecular complexity index is 525. The summed E-state index contributed by atoms with van der Waals surface area (Å²) in [6.07, 6.45) is 0. The fourth-order valence-electron chi connectivity index (χ4n) is 2.00. The van der Waals surface area contributed by atoms with Gasteiger partial charge in [0.25, 0.3) is 0 Å². The second-order valence-electron chi connectivity index (χ2n) is 4.34. The normalized spacial score (nSPS) is 11.9. The van der Waals surface area contributed by atoms with Crippen LogP contribution in [0.4, 0.5) is 5.69 Å². The largest absolute Gasteiger partial charge is 0.494 e. The molecular formula is C16H18INO. The van der Waals surface area contributed by atoms with Crippen LogP contribution in [0.1, 0.15) is 25.5 Å². The van der Waals surface area contributed by atoms with E-state index in [9.17, 15) is 0 Å². The Balaban J connectivity index is 2.15. The Hall–Kier alpha value is -1.23. The van der Waals surface area contributed by atoms with Crippen LogP contribution in [0, 0.1) is 3.57 Å². The van der Waals surface area contributed by atoms with Crippen molar-refractivity contribution >= 4 is 28.3 Å².